The van der Waals surface area contributed by atoms with E-state index in [4.69, 9.17) is 4.74 Å². The first-order chi connectivity index (χ1) is 15.3. The van der Waals surface area contributed by atoms with Gasteiger partial charge < -0.3 is 20.3 Å². The van der Waals surface area contributed by atoms with Gasteiger partial charge in [-0.25, -0.2) is 9.69 Å². The van der Waals surface area contributed by atoms with Crippen molar-refractivity contribution in [1.29, 1.82) is 0 Å². The molecule has 0 radical (unpaired) electrons. The molecule has 0 saturated carbocycles. The number of aromatic hydroxyl groups is 1. The number of imide groups is 1. The number of hydrogen-bond acceptors (Lipinski definition) is 6. The van der Waals surface area contributed by atoms with Crippen LogP contribution in [0.2, 0.25) is 0 Å². The number of fused-ring (bicyclic) bond motifs is 1. The Kier molecular flexibility index (Phi) is 5.07. The molecule has 1 aliphatic heterocycles. The predicted molar refractivity (Wildman–Crippen MR) is 114 cm³/mol. The zero-order valence-electron chi connectivity index (χ0n) is 16.7. The molecule has 160 valence electrons. The van der Waals surface area contributed by atoms with Crippen molar-refractivity contribution in [3.05, 3.63) is 82.9 Å². The number of carboxylic acid groups (broad SMARTS) is 1. The standard InChI is InChI=1S/C23H16N2O7/c1-32-19-9-7-13(11-18(19)26)25-21(28)14-8-6-12(10-16(14)22(25)29)20(27)24-17-5-3-2-4-15(17)23(30)31/h2-11,26H,1H3,(H,24,27)(H,30,31). The number of phenolic OH excluding ortho intramolecular Hbond substituents is 1. The average molecular weight is 432 g/mol. The van der Waals surface area contributed by atoms with E-state index in [1.807, 2.05) is 0 Å². The molecule has 0 unspecified atom stereocenters. The van der Waals surface area contributed by atoms with Crippen LogP contribution in [0.4, 0.5) is 11.4 Å². The van der Waals surface area contributed by atoms with Crippen molar-refractivity contribution in [2.75, 3.05) is 17.3 Å². The van der Waals surface area contributed by atoms with Gasteiger partial charge in [-0.2, -0.15) is 0 Å². The summed E-state index contributed by atoms with van der Waals surface area (Å²) in [7, 11) is 1.37. The number of methoxy groups -OCH3 is 1. The van der Waals surface area contributed by atoms with E-state index in [2.05, 4.69) is 5.32 Å². The van der Waals surface area contributed by atoms with Crippen LogP contribution in [0.3, 0.4) is 0 Å². The second kappa shape index (κ2) is 7.88. The number of hydrogen-bond donors (Lipinski definition) is 3. The molecule has 0 spiro atoms. The summed E-state index contributed by atoms with van der Waals surface area (Å²) >= 11 is 0. The molecular formula is C23H16N2O7. The van der Waals surface area contributed by atoms with Gasteiger partial charge in [-0.05, 0) is 42.5 Å². The number of amides is 3. The molecule has 4 rings (SSSR count). The maximum atomic E-state index is 12.9. The van der Waals surface area contributed by atoms with E-state index >= 15 is 0 Å². The van der Waals surface area contributed by atoms with E-state index in [1.165, 1.54) is 61.7 Å². The molecule has 0 aromatic heterocycles. The molecule has 1 aliphatic rings. The molecule has 3 aromatic rings. The van der Waals surface area contributed by atoms with Gasteiger partial charge in [0.1, 0.15) is 0 Å². The number of nitrogens with one attached hydrogen (secondary N) is 1. The smallest absolute Gasteiger partial charge is 0.337 e. The first-order valence-corrected chi connectivity index (χ1v) is 9.35. The lowest BCUT2D eigenvalue weighted by Gasteiger charge is -2.15. The largest absolute Gasteiger partial charge is 0.504 e. The van der Waals surface area contributed by atoms with Crippen LogP contribution in [0.5, 0.6) is 11.5 Å². The quantitative estimate of drug-likeness (QED) is 0.528. The lowest BCUT2D eigenvalue weighted by Crippen LogP contribution is -2.29. The van der Waals surface area contributed by atoms with Gasteiger partial charge in [0.25, 0.3) is 17.7 Å². The van der Waals surface area contributed by atoms with Crippen molar-refractivity contribution >= 4 is 35.1 Å². The van der Waals surface area contributed by atoms with Gasteiger partial charge >= 0.3 is 5.97 Å². The molecule has 3 aromatic carbocycles. The van der Waals surface area contributed by atoms with Crippen molar-refractivity contribution < 1.29 is 34.1 Å². The van der Waals surface area contributed by atoms with E-state index in [1.54, 1.807) is 6.07 Å². The number of carbonyl (C=O) groups excluding carboxylic acids is 3. The Morgan fingerprint density at radius 3 is 2.34 bits per heavy atom. The molecule has 32 heavy (non-hydrogen) atoms. The van der Waals surface area contributed by atoms with Crippen LogP contribution in [0.25, 0.3) is 0 Å². The van der Waals surface area contributed by atoms with Gasteiger partial charge in [0.05, 0.1) is 35.2 Å². The van der Waals surface area contributed by atoms with Gasteiger partial charge in [-0.15, -0.1) is 0 Å². The van der Waals surface area contributed by atoms with Crippen molar-refractivity contribution in [1.82, 2.24) is 0 Å². The monoisotopic (exact) mass is 432 g/mol. The molecule has 0 bridgehead atoms. The van der Waals surface area contributed by atoms with Crippen LogP contribution in [-0.2, 0) is 0 Å². The number of ether oxygens (including phenoxy) is 1. The highest BCUT2D eigenvalue weighted by molar-refractivity contribution is 6.34. The second-order valence-corrected chi connectivity index (χ2v) is 6.87. The molecule has 1 heterocycles. The Morgan fingerprint density at radius 2 is 1.66 bits per heavy atom. The van der Waals surface area contributed by atoms with Gasteiger partial charge in [-0.1, -0.05) is 12.1 Å². The van der Waals surface area contributed by atoms with E-state index in [0.29, 0.717) is 0 Å². The van der Waals surface area contributed by atoms with Crippen LogP contribution in [0.15, 0.2) is 60.7 Å². The van der Waals surface area contributed by atoms with E-state index in [9.17, 15) is 29.4 Å². The minimum absolute atomic E-state index is 0.0180. The first-order valence-electron chi connectivity index (χ1n) is 9.35. The van der Waals surface area contributed by atoms with Crippen LogP contribution < -0.4 is 15.0 Å². The number of para-hydroxylation sites is 1. The number of aromatic carboxylic acids is 1. The number of rotatable bonds is 5. The highest BCUT2D eigenvalue weighted by atomic mass is 16.5. The molecule has 0 aliphatic carbocycles. The summed E-state index contributed by atoms with van der Waals surface area (Å²) in [5.41, 5.74) is 0.361. The number of benzene rings is 3. The maximum Gasteiger partial charge on any atom is 0.337 e. The normalized spacial score (nSPS) is 12.5. The van der Waals surface area contributed by atoms with Gasteiger partial charge in [0.2, 0.25) is 0 Å². The molecule has 9 nitrogen and oxygen atoms in total. The first kappa shape index (κ1) is 20.6. The summed E-state index contributed by atoms with van der Waals surface area (Å²) in [4.78, 5) is 50.6. The lowest BCUT2D eigenvalue weighted by molar-refractivity contribution is 0.0697. The van der Waals surface area contributed by atoms with Gasteiger partial charge in [0, 0.05) is 11.6 Å². The van der Waals surface area contributed by atoms with Crippen LogP contribution in [0.1, 0.15) is 41.4 Å². The summed E-state index contributed by atoms with van der Waals surface area (Å²) in [6.07, 6.45) is 0. The zero-order chi connectivity index (χ0) is 23.0. The molecular weight excluding hydrogens is 416 g/mol. The fourth-order valence-electron chi connectivity index (χ4n) is 3.41. The van der Waals surface area contributed by atoms with Crippen molar-refractivity contribution in [2.45, 2.75) is 0 Å². The number of anilines is 2. The third-order valence-electron chi connectivity index (χ3n) is 4.98. The fraction of sp³-hybridized carbons (Fsp3) is 0.0435. The highest BCUT2D eigenvalue weighted by Crippen LogP contribution is 2.35. The molecule has 0 fully saturated rings. The Labute approximate surface area is 181 Å². The SMILES string of the molecule is COc1ccc(N2C(=O)c3ccc(C(=O)Nc4ccccc4C(=O)O)cc3C2=O)cc1O. The number of carbonyl (C=O) groups is 4. The Balaban J connectivity index is 1.64. The Morgan fingerprint density at radius 1 is 0.938 bits per heavy atom. The topological polar surface area (TPSA) is 133 Å². The van der Waals surface area contributed by atoms with E-state index in [0.717, 1.165) is 4.90 Å². The van der Waals surface area contributed by atoms with E-state index < -0.39 is 23.7 Å². The van der Waals surface area contributed by atoms with Crippen LogP contribution in [-0.4, -0.2) is 41.0 Å². The molecule has 9 heteroatoms. The minimum atomic E-state index is -1.20. The molecule has 0 saturated heterocycles. The predicted octanol–water partition coefficient (Wildman–Crippen LogP) is 3.15. The lowest BCUT2D eigenvalue weighted by atomic mass is 10.0. The Bertz CT molecular complexity index is 1300. The average Bonchev–Trinajstić information content (AvgIpc) is 3.03. The molecule has 0 atom stereocenters. The minimum Gasteiger partial charge on any atom is -0.504 e. The van der Waals surface area contributed by atoms with Crippen LogP contribution in [0, 0.1) is 0 Å². The number of phenols is 1. The second-order valence-electron chi connectivity index (χ2n) is 6.87. The zero-order valence-corrected chi connectivity index (χ0v) is 16.7. The van der Waals surface area contributed by atoms with Gasteiger partial charge in [-0.3, -0.25) is 14.4 Å². The van der Waals surface area contributed by atoms with Gasteiger partial charge in [0.15, 0.2) is 11.5 Å². The third kappa shape index (κ3) is 3.41. The summed E-state index contributed by atoms with van der Waals surface area (Å²) in [5.74, 6) is -3.14. The fourth-order valence-corrected chi connectivity index (χ4v) is 3.41. The van der Waals surface area contributed by atoms with Crippen LogP contribution >= 0.6 is 0 Å². The third-order valence-corrected chi connectivity index (χ3v) is 4.98. The summed E-state index contributed by atoms with van der Waals surface area (Å²) in [6, 6.07) is 14.0. The van der Waals surface area contributed by atoms with Crippen molar-refractivity contribution in [3.8, 4) is 11.5 Å². The Hall–Kier alpha value is -4.66. The molecule has 3 amide bonds. The van der Waals surface area contributed by atoms with E-state index in [-0.39, 0.29) is 45.1 Å². The van der Waals surface area contributed by atoms with Crippen molar-refractivity contribution in [2.24, 2.45) is 0 Å². The summed E-state index contributed by atoms with van der Waals surface area (Å²) in [6.45, 7) is 0. The summed E-state index contributed by atoms with van der Waals surface area (Å²) in [5, 5.41) is 21.8. The summed E-state index contributed by atoms with van der Waals surface area (Å²) < 4.78 is 4.97. The number of nitrogens with zero attached hydrogens (tertiary/aromatic N) is 1. The highest BCUT2D eigenvalue weighted by Gasteiger charge is 2.37. The number of carboxylic acids is 1. The molecule has 3 N–H and O–H groups in total. The van der Waals surface area contributed by atoms with Crippen molar-refractivity contribution in [3.63, 3.8) is 0 Å². The maximum absolute atomic E-state index is 12.9.